The fourth-order valence-corrected chi connectivity index (χ4v) is 8.82. The molecule has 5 heteroatoms. The normalized spacial score (nSPS) is 11.4. The van der Waals surface area contributed by atoms with Crippen molar-refractivity contribution in [3.05, 3.63) is 225 Å². The summed E-state index contributed by atoms with van der Waals surface area (Å²) in [6.07, 6.45) is 3.67. The highest BCUT2D eigenvalue weighted by Gasteiger charge is 2.17. The van der Waals surface area contributed by atoms with Crippen molar-refractivity contribution in [2.24, 2.45) is 0 Å². The summed E-state index contributed by atoms with van der Waals surface area (Å²) in [5.74, 6) is 1.84. The Kier molecular flexibility index (Phi) is 9.08. The third-order valence-electron chi connectivity index (χ3n) is 12.1. The molecule has 0 atom stereocenters. The van der Waals surface area contributed by atoms with E-state index in [1.807, 2.05) is 67.0 Å². The maximum Gasteiger partial charge on any atom is 0.164 e. The van der Waals surface area contributed by atoms with Crippen molar-refractivity contribution in [3.8, 4) is 78.9 Å². The van der Waals surface area contributed by atoms with Crippen LogP contribution in [0.4, 0.5) is 0 Å². The van der Waals surface area contributed by atoms with Gasteiger partial charge in [0.15, 0.2) is 17.5 Å². The maximum atomic E-state index is 5.30. The van der Waals surface area contributed by atoms with Gasteiger partial charge in [-0.1, -0.05) is 140 Å². The highest BCUT2D eigenvalue weighted by atomic mass is 15.0. The van der Waals surface area contributed by atoms with Gasteiger partial charge in [-0.15, -0.1) is 0 Å². The van der Waals surface area contributed by atoms with Gasteiger partial charge in [-0.3, -0.25) is 9.97 Å². The number of hydrogen-bond acceptors (Lipinski definition) is 5. The molecule has 0 amide bonds. The summed E-state index contributed by atoms with van der Waals surface area (Å²) in [5.41, 5.74) is 11.2. The fraction of sp³-hybridized carbons (Fsp3) is 0. The predicted molar refractivity (Wildman–Crippen MR) is 263 cm³/mol. The molecule has 5 nitrogen and oxygen atoms in total. The first-order valence-electron chi connectivity index (χ1n) is 21.5. The van der Waals surface area contributed by atoms with Gasteiger partial charge < -0.3 is 0 Å². The lowest BCUT2D eigenvalue weighted by molar-refractivity contribution is 1.07. The summed E-state index contributed by atoms with van der Waals surface area (Å²) in [6.45, 7) is 0. The van der Waals surface area contributed by atoms with E-state index < -0.39 is 0 Å². The maximum absolute atomic E-state index is 5.30. The molecule has 9 aromatic carbocycles. The van der Waals surface area contributed by atoms with Crippen LogP contribution in [0.25, 0.3) is 122 Å². The highest BCUT2D eigenvalue weighted by Crippen LogP contribution is 2.37. The van der Waals surface area contributed by atoms with Crippen LogP contribution in [-0.4, -0.2) is 24.9 Å². The Morgan fingerprint density at radius 1 is 0.219 bits per heavy atom. The first kappa shape index (κ1) is 37.1. The Balaban J connectivity index is 1.03. The number of aromatic nitrogens is 5. The summed E-state index contributed by atoms with van der Waals surface area (Å²) in [6, 6.07) is 74.8. The number of benzene rings is 9. The van der Waals surface area contributed by atoms with Crippen molar-refractivity contribution in [2.45, 2.75) is 0 Å². The van der Waals surface area contributed by atoms with Crippen LogP contribution in [0.5, 0.6) is 0 Å². The molecule has 0 fully saturated rings. The lowest BCUT2D eigenvalue weighted by Gasteiger charge is -2.14. The van der Waals surface area contributed by atoms with Gasteiger partial charge in [0.2, 0.25) is 0 Å². The molecular weight excluding hydrogens is 779 g/mol. The van der Waals surface area contributed by atoms with Gasteiger partial charge in [0.05, 0.1) is 11.4 Å². The number of hydrogen-bond donors (Lipinski definition) is 0. The van der Waals surface area contributed by atoms with Crippen molar-refractivity contribution in [1.29, 1.82) is 0 Å². The van der Waals surface area contributed by atoms with E-state index in [9.17, 15) is 0 Å². The van der Waals surface area contributed by atoms with E-state index in [-0.39, 0.29) is 0 Å². The molecule has 0 N–H and O–H groups in total. The molecule has 0 aliphatic heterocycles. The second kappa shape index (κ2) is 15.7. The van der Waals surface area contributed by atoms with Gasteiger partial charge in [-0.25, -0.2) is 15.0 Å². The molecule has 12 rings (SSSR count). The van der Waals surface area contributed by atoms with E-state index in [0.29, 0.717) is 17.5 Å². The van der Waals surface area contributed by atoms with Crippen LogP contribution < -0.4 is 0 Å². The second-order valence-corrected chi connectivity index (χ2v) is 16.2. The van der Waals surface area contributed by atoms with E-state index in [1.165, 1.54) is 16.2 Å². The molecule has 0 spiro atoms. The smallest absolute Gasteiger partial charge is 0.164 e. The number of nitrogens with zero attached hydrogens (tertiary/aromatic N) is 5. The first-order chi connectivity index (χ1) is 31.6. The summed E-state index contributed by atoms with van der Waals surface area (Å²) < 4.78 is 0. The summed E-state index contributed by atoms with van der Waals surface area (Å²) in [7, 11) is 0. The van der Waals surface area contributed by atoms with Crippen molar-refractivity contribution in [1.82, 2.24) is 24.9 Å². The molecule has 3 aromatic heterocycles. The summed E-state index contributed by atoms with van der Waals surface area (Å²) >= 11 is 0. The van der Waals surface area contributed by atoms with Gasteiger partial charge in [0.1, 0.15) is 0 Å². The van der Waals surface area contributed by atoms with E-state index in [1.54, 1.807) is 0 Å². The molecule has 0 unspecified atom stereocenters. The van der Waals surface area contributed by atoms with Crippen LogP contribution in [0.2, 0.25) is 0 Å². The zero-order valence-corrected chi connectivity index (χ0v) is 34.6. The molecule has 0 saturated carbocycles. The Labute approximate surface area is 370 Å². The van der Waals surface area contributed by atoms with E-state index in [2.05, 4.69) is 168 Å². The Morgan fingerprint density at radius 3 is 1.22 bits per heavy atom. The van der Waals surface area contributed by atoms with Crippen LogP contribution in [0.3, 0.4) is 0 Å². The zero-order chi connectivity index (χ0) is 42.4. The number of fused-ring (bicyclic) bond motifs is 5. The molecule has 0 radical (unpaired) electrons. The van der Waals surface area contributed by atoms with Gasteiger partial charge in [-0.05, 0) is 138 Å². The van der Waals surface area contributed by atoms with Crippen molar-refractivity contribution in [2.75, 3.05) is 0 Å². The zero-order valence-electron chi connectivity index (χ0n) is 34.6. The topological polar surface area (TPSA) is 64.5 Å². The number of pyridine rings is 2. The second-order valence-electron chi connectivity index (χ2n) is 16.2. The van der Waals surface area contributed by atoms with Crippen molar-refractivity contribution < 1.29 is 0 Å². The monoisotopic (exact) mass is 815 g/mol. The summed E-state index contributed by atoms with van der Waals surface area (Å²) in [5, 5.41) is 9.33. The van der Waals surface area contributed by atoms with Gasteiger partial charge in [-0.2, -0.15) is 0 Å². The van der Waals surface area contributed by atoms with Crippen LogP contribution in [-0.2, 0) is 0 Å². The molecule has 0 aliphatic rings. The van der Waals surface area contributed by atoms with E-state index in [4.69, 9.17) is 15.0 Å². The first-order valence-corrected chi connectivity index (χ1v) is 21.5. The average Bonchev–Trinajstić information content (AvgIpc) is 3.38. The lowest BCUT2D eigenvalue weighted by Crippen LogP contribution is -2.00. The molecule has 0 bridgehead atoms. The van der Waals surface area contributed by atoms with Crippen molar-refractivity contribution >= 4 is 43.1 Å². The van der Waals surface area contributed by atoms with E-state index >= 15 is 0 Å². The Hall–Kier alpha value is -8.67. The minimum atomic E-state index is 0.603. The van der Waals surface area contributed by atoms with Gasteiger partial charge in [0, 0.05) is 40.2 Å². The number of rotatable bonds is 7. The molecule has 64 heavy (non-hydrogen) atoms. The highest BCUT2D eigenvalue weighted by molar-refractivity contribution is 6.08. The van der Waals surface area contributed by atoms with Gasteiger partial charge >= 0.3 is 0 Å². The molecule has 3 heterocycles. The van der Waals surface area contributed by atoms with Crippen LogP contribution in [0.1, 0.15) is 0 Å². The third kappa shape index (κ3) is 7.01. The van der Waals surface area contributed by atoms with E-state index in [0.717, 1.165) is 88.4 Å². The average molecular weight is 816 g/mol. The molecular formula is C59H37N5. The standard InChI is InChI=1S/C59H37N5/c1-2-11-40(12-3-1)57-62-58(49-27-18-39-17-16-38-10-4-5-13-53(38)54(39)37-49)64-59(63-57)52-35-50(45-21-19-43-32-47(25-23-41(43)30-45)55-14-6-8-28-60-55)34-51(36-52)46-22-20-44-33-48(26-24-42(44)31-46)56-15-7-9-29-61-56/h1-37H. The Bertz CT molecular complexity index is 3580. The minimum absolute atomic E-state index is 0.603. The quantitative estimate of drug-likeness (QED) is 0.150. The fourth-order valence-electron chi connectivity index (χ4n) is 8.82. The Morgan fingerprint density at radius 2 is 0.641 bits per heavy atom. The van der Waals surface area contributed by atoms with Crippen LogP contribution >= 0.6 is 0 Å². The van der Waals surface area contributed by atoms with Crippen LogP contribution in [0.15, 0.2) is 225 Å². The van der Waals surface area contributed by atoms with Gasteiger partial charge in [0.25, 0.3) is 0 Å². The molecule has 0 aliphatic carbocycles. The SMILES string of the molecule is c1ccc(-c2nc(-c3cc(-c4ccc5cc(-c6ccccn6)ccc5c4)cc(-c4ccc5cc(-c6ccccn6)ccc5c4)c3)nc(-c3ccc4ccc5ccccc5c4c3)n2)cc1. The summed E-state index contributed by atoms with van der Waals surface area (Å²) in [4.78, 5) is 24.8. The molecule has 12 aromatic rings. The minimum Gasteiger partial charge on any atom is -0.256 e. The lowest BCUT2D eigenvalue weighted by atomic mass is 9.93. The predicted octanol–water partition coefficient (Wildman–Crippen LogP) is 14.9. The molecule has 298 valence electrons. The largest absolute Gasteiger partial charge is 0.256 e. The van der Waals surface area contributed by atoms with Crippen molar-refractivity contribution in [3.63, 3.8) is 0 Å². The third-order valence-corrected chi connectivity index (χ3v) is 12.1. The molecule has 0 saturated heterocycles. The van der Waals surface area contributed by atoms with Crippen LogP contribution in [0, 0.1) is 0 Å².